The Morgan fingerprint density at radius 2 is 1.96 bits per heavy atom. The maximum absolute atomic E-state index is 13.0. The molecule has 0 bridgehead atoms. The van der Waals surface area contributed by atoms with Crippen molar-refractivity contribution in [3.63, 3.8) is 0 Å². The number of hydrogen-bond acceptors (Lipinski definition) is 3. The van der Waals surface area contributed by atoms with E-state index in [1.165, 1.54) is 0 Å². The number of rotatable bonds is 2. The molecule has 0 aromatic carbocycles. The third-order valence-electron chi connectivity index (χ3n) is 5.58. The van der Waals surface area contributed by atoms with Gasteiger partial charge < -0.3 is 14.4 Å². The summed E-state index contributed by atoms with van der Waals surface area (Å²) in [6.07, 6.45) is 8.27. The van der Waals surface area contributed by atoms with Crippen molar-refractivity contribution < 1.29 is 9.59 Å². The van der Waals surface area contributed by atoms with E-state index >= 15 is 0 Å². The van der Waals surface area contributed by atoms with Crippen molar-refractivity contribution in [2.24, 2.45) is 14.1 Å². The van der Waals surface area contributed by atoms with Crippen molar-refractivity contribution in [3.8, 4) is 0 Å². The van der Waals surface area contributed by atoms with Gasteiger partial charge in [-0.1, -0.05) is 0 Å². The van der Waals surface area contributed by atoms with Crippen LogP contribution in [-0.4, -0.2) is 61.1 Å². The van der Waals surface area contributed by atoms with Gasteiger partial charge in [0.15, 0.2) is 0 Å². The minimum atomic E-state index is -0.211. The van der Waals surface area contributed by atoms with Crippen molar-refractivity contribution in [2.45, 2.75) is 24.8 Å². The SMILES string of the molecule is Cn1cc(C(=O)N2CCN(C(=O)c3cccn3C)C3(CCC3)C2)cn1. The Morgan fingerprint density at radius 3 is 2.52 bits per heavy atom. The van der Waals surface area contributed by atoms with Crippen molar-refractivity contribution in [1.82, 2.24) is 24.1 Å². The molecule has 2 aromatic heterocycles. The lowest BCUT2D eigenvalue weighted by atomic mass is 9.73. The molecule has 1 saturated heterocycles. The highest BCUT2D eigenvalue weighted by Gasteiger charge is 2.49. The van der Waals surface area contributed by atoms with E-state index in [1.54, 1.807) is 24.1 Å². The molecule has 0 unspecified atom stereocenters. The van der Waals surface area contributed by atoms with Crippen molar-refractivity contribution >= 4 is 11.8 Å². The summed E-state index contributed by atoms with van der Waals surface area (Å²) in [5.41, 5.74) is 1.11. The molecule has 1 aliphatic carbocycles. The van der Waals surface area contributed by atoms with Crippen LogP contribution in [-0.2, 0) is 14.1 Å². The number of aromatic nitrogens is 3. The topological polar surface area (TPSA) is 63.4 Å². The fourth-order valence-electron chi connectivity index (χ4n) is 4.02. The lowest BCUT2D eigenvalue weighted by molar-refractivity contribution is -0.0308. The zero-order valence-corrected chi connectivity index (χ0v) is 14.7. The van der Waals surface area contributed by atoms with Gasteiger partial charge >= 0.3 is 0 Å². The normalized spacial score (nSPS) is 19.1. The summed E-state index contributed by atoms with van der Waals surface area (Å²) in [5, 5.41) is 4.09. The molecule has 2 aliphatic rings. The quantitative estimate of drug-likeness (QED) is 0.827. The van der Waals surface area contributed by atoms with Gasteiger partial charge in [0.1, 0.15) is 5.69 Å². The lowest BCUT2D eigenvalue weighted by Gasteiger charge is -2.55. The van der Waals surface area contributed by atoms with E-state index < -0.39 is 0 Å². The molecule has 4 rings (SSSR count). The fraction of sp³-hybridized carbons (Fsp3) is 0.500. The van der Waals surface area contributed by atoms with Gasteiger partial charge in [-0.3, -0.25) is 14.3 Å². The highest BCUT2D eigenvalue weighted by atomic mass is 16.2. The first kappa shape index (κ1) is 15.9. The average Bonchev–Trinajstić information content (AvgIpc) is 3.20. The number of nitrogens with zero attached hydrogens (tertiary/aromatic N) is 5. The van der Waals surface area contributed by atoms with Crippen LogP contribution in [0.3, 0.4) is 0 Å². The Hall–Kier alpha value is -2.57. The minimum absolute atomic E-state index is 0.00495. The first-order chi connectivity index (χ1) is 12.0. The second-order valence-electron chi connectivity index (χ2n) is 7.17. The van der Waals surface area contributed by atoms with Crippen LogP contribution in [0.2, 0.25) is 0 Å². The molecule has 1 spiro atoms. The zero-order valence-electron chi connectivity index (χ0n) is 14.7. The van der Waals surface area contributed by atoms with Gasteiger partial charge in [0, 0.05) is 46.1 Å². The van der Waals surface area contributed by atoms with Crippen LogP contribution in [0.25, 0.3) is 0 Å². The second kappa shape index (κ2) is 5.75. The Kier molecular flexibility index (Phi) is 3.67. The van der Waals surface area contributed by atoms with E-state index in [4.69, 9.17) is 0 Å². The number of hydrogen-bond donors (Lipinski definition) is 0. The van der Waals surface area contributed by atoms with Crippen molar-refractivity contribution in [3.05, 3.63) is 42.0 Å². The standard InChI is InChI=1S/C18H23N5O2/c1-20-8-3-5-15(20)17(25)23-10-9-22(13-18(23)6-4-7-18)16(24)14-11-19-21(2)12-14/h3,5,8,11-12H,4,6-7,9-10,13H2,1-2H3. The zero-order chi connectivity index (χ0) is 17.6. The van der Waals surface area contributed by atoms with Crippen LogP contribution < -0.4 is 0 Å². The molecule has 0 N–H and O–H groups in total. The first-order valence-electron chi connectivity index (χ1n) is 8.71. The highest BCUT2D eigenvalue weighted by Crippen LogP contribution is 2.41. The highest BCUT2D eigenvalue weighted by molar-refractivity contribution is 5.95. The summed E-state index contributed by atoms with van der Waals surface area (Å²) in [7, 11) is 3.70. The molecule has 0 radical (unpaired) electrons. The molecule has 3 heterocycles. The number of carbonyl (C=O) groups is 2. The number of piperazine rings is 1. The minimum Gasteiger partial charge on any atom is -0.347 e. The Labute approximate surface area is 146 Å². The average molecular weight is 341 g/mol. The van der Waals surface area contributed by atoms with Crippen LogP contribution in [0.4, 0.5) is 0 Å². The first-order valence-corrected chi connectivity index (χ1v) is 8.71. The van der Waals surface area contributed by atoms with E-state index in [9.17, 15) is 9.59 Å². The van der Waals surface area contributed by atoms with E-state index in [2.05, 4.69) is 5.10 Å². The van der Waals surface area contributed by atoms with Crippen LogP contribution in [0, 0.1) is 0 Å². The summed E-state index contributed by atoms with van der Waals surface area (Å²) >= 11 is 0. The molecule has 132 valence electrons. The smallest absolute Gasteiger partial charge is 0.271 e. The summed E-state index contributed by atoms with van der Waals surface area (Å²) in [6.45, 7) is 1.75. The molecular formula is C18H23N5O2. The van der Waals surface area contributed by atoms with E-state index in [0.29, 0.717) is 30.9 Å². The monoisotopic (exact) mass is 341 g/mol. The number of amides is 2. The molecule has 7 heteroatoms. The Bertz CT molecular complexity index is 817. The summed E-state index contributed by atoms with van der Waals surface area (Å²) < 4.78 is 3.50. The summed E-state index contributed by atoms with van der Waals surface area (Å²) in [6, 6.07) is 3.75. The predicted octanol–water partition coefficient (Wildman–Crippen LogP) is 1.28. The van der Waals surface area contributed by atoms with Gasteiger partial charge in [0.25, 0.3) is 11.8 Å². The lowest BCUT2D eigenvalue weighted by Crippen LogP contribution is -2.67. The van der Waals surface area contributed by atoms with Crippen molar-refractivity contribution in [1.29, 1.82) is 0 Å². The predicted molar refractivity (Wildman–Crippen MR) is 92.1 cm³/mol. The van der Waals surface area contributed by atoms with Gasteiger partial charge in [0.2, 0.25) is 0 Å². The van der Waals surface area contributed by atoms with Crippen LogP contribution in [0.1, 0.15) is 40.1 Å². The molecule has 2 aromatic rings. The molecule has 2 fully saturated rings. The third kappa shape index (κ3) is 2.54. The Balaban J connectivity index is 1.55. The largest absolute Gasteiger partial charge is 0.347 e. The van der Waals surface area contributed by atoms with Gasteiger partial charge in [-0.05, 0) is 31.4 Å². The third-order valence-corrected chi connectivity index (χ3v) is 5.58. The molecule has 0 atom stereocenters. The van der Waals surface area contributed by atoms with Gasteiger partial charge in [0.05, 0.1) is 17.3 Å². The van der Waals surface area contributed by atoms with Crippen LogP contribution in [0.15, 0.2) is 30.7 Å². The molecule has 25 heavy (non-hydrogen) atoms. The maximum Gasteiger partial charge on any atom is 0.271 e. The van der Waals surface area contributed by atoms with E-state index in [0.717, 1.165) is 19.3 Å². The molecular weight excluding hydrogens is 318 g/mol. The fourth-order valence-corrected chi connectivity index (χ4v) is 4.02. The summed E-state index contributed by atoms with van der Waals surface area (Å²) in [4.78, 5) is 29.7. The van der Waals surface area contributed by atoms with Gasteiger partial charge in [-0.2, -0.15) is 5.10 Å². The van der Waals surface area contributed by atoms with E-state index in [1.807, 2.05) is 39.7 Å². The maximum atomic E-state index is 13.0. The van der Waals surface area contributed by atoms with E-state index in [-0.39, 0.29) is 17.4 Å². The second-order valence-corrected chi connectivity index (χ2v) is 7.17. The molecule has 1 saturated carbocycles. The molecule has 7 nitrogen and oxygen atoms in total. The van der Waals surface area contributed by atoms with Crippen LogP contribution in [0.5, 0.6) is 0 Å². The molecule has 1 aliphatic heterocycles. The van der Waals surface area contributed by atoms with Gasteiger partial charge in [-0.15, -0.1) is 0 Å². The van der Waals surface area contributed by atoms with Gasteiger partial charge in [-0.25, -0.2) is 0 Å². The number of carbonyl (C=O) groups excluding carboxylic acids is 2. The van der Waals surface area contributed by atoms with Crippen LogP contribution >= 0.6 is 0 Å². The van der Waals surface area contributed by atoms with Crippen molar-refractivity contribution in [2.75, 3.05) is 19.6 Å². The summed E-state index contributed by atoms with van der Waals surface area (Å²) in [5.74, 6) is 0.0750. The number of aryl methyl sites for hydroxylation is 2. The molecule has 2 amide bonds. The Morgan fingerprint density at radius 1 is 1.16 bits per heavy atom.